The highest BCUT2D eigenvalue weighted by Crippen LogP contribution is 2.28. The molecule has 2 aromatic carbocycles. The van der Waals surface area contributed by atoms with Gasteiger partial charge in [-0.1, -0.05) is 6.07 Å². The van der Waals surface area contributed by atoms with Crippen LogP contribution in [0.25, 0.3) is 0 Å². The normalized spacial score (nSPS) is 13.1. The lowest BCUT2D eigenvalue weighted by Crippen LogP contribution is -2.23. The van der Waals surface area contributed by atoms with Crippen molar-refractivity contribution < 1.29 is 22.7 Å². The molecule has 27 heavy (non-hydrogen) atoms. The van der Waals surface area contributed by atoms with Crippen molar-refractivity contribution in [2.75, 3.05) is 25.5 Å². The Morgan fingerprint density at radius 3 is 2.59 bits per heavy atom. The van der Waals surface area contributed by atoms with Crippen molar-refractivity contribution in [2.45, 2.75) is 17.9 Å². The van der Waals surface area contributed by atoms with E-state index in [-0.39, 0.29) is 28.6 Å². The minimum Gasteiger partial charge on any atom is -0.495 e. The lowest BCUT2D eigenvalue weighted by atomic mass is 10.0. The van der Waals surface area contributed by atoms with E-state index in [0.717, 1.165) is 30.6 Å². The summed E-state index contributed by atoms with van der Waals surface area (Å²) in [5.41, 5.74) is 2.87. The van der Waals surface area contributed by atoms with Gasteiger partial charge in [-0.25, -0.2) is 13.2 Å². The third kappa shape index (κ3) is 4.52. The maximum Gasteiger partial charge on any atom is 0.337 e. The van der Waals surface area contributed by atoms with Crippen LogP contribution < -0.4 is 14.8 Å². The first-order valence-corrected chi connectivity index (χ1v) is 9.54. The Hall–Kier alpha value is -2.29. The molecule has 0 fully saturated rings. The molecule has 0 unspecified atom stereocenters. The maximum absolute atomic E-state index is 12.9. The van der Waals surface area contributed by atoms with Crippen molar-refractivity contribution in [3.8, 4) is 5.75 Å². The maximum atomic E-state index is 12.9. The van der Waals surface area contributed by atoms with Crippen LogP contribution in [0, 0.1) is 0 Å². The number of nitrogens with one attached hydrogen (secondary N) is 2. The van der Waals surface area contributed by atoms with Gasteiger partial charge in [-0.3, -0.25) is 4.72 Å². The van der Waals surface area contributed by atoms with Gasteiger partial charge >= 0.3 is 5.97 Å². The van der Waals surface area contributed by atoms with Crippen molar-refractivity contribution in [3.05, 3.63) is 53.1 Å². The van der Waals surface area contributed by atoms with Crippen molar-refractivity contribution in [1.29, 1.82) is 0 Å². The van der Waals surface area contributed by atoms with E-state index >= 15 is 0 Å². The Morgan fingerprint density at radius 1 is 1.11 bits per heavy atom. The summed E-state index contributed by atoms with van der Waals surface area (Å²) in [5, 5.41) is 3.27. The van der Waals surface area contributed by atoms with E-state index in [1.54, 1.807) is 6.07 Å². The molecular weight excluding hydrogens is 392 g/mol. The highest BCUT2D eigenvalue weighted by atomic mass is 35.5. The summed E-state index contributed by atoms with van der Waals surface area (Å²) in [5.74, 6) is -0.474. The molecule has 0 saturated carbocycles. The summed E-state index contributed by atoms with van der Waals surface area (Å²) in [4.78, 5) is 11.6. The van der Waals surface area contributed by atoms with Gasteiger partial charge in [0.2, 0.25) is 0 Å². The number of carbonyl (C=O) groups excluding carboxylic acids is 1. The topological polar surface area (TPSA) is 93.7 Å². The number of hydrogen-bond acceptors (Lipinski definition) is 6. The molecule has 0 aromatic heterocycles. The Bertz CT molecular complexity index is 947. The van der Waals surface area contributed by atoms with Crippen molar-refractivity contribution in [3.63, 3.8) is 0 Å². The minimum absolute atomic E-state index is 0. The van der Waals surface area contributed by atoms with Crippen molar-refractivity contribution in [1.82, 2.24) is 5.32 Å². The Morgan fingerprint density at radius 2 is 1.89 bits per heavy atom. The molecule has 7 nitrogen and oxygen atoms in total. The van der Waals surface area contributed by atoms with E-state index in [2.05, 4.69) is 14.8 Å². The first-order valence-electron chi connectivity index (χ1n) is 8.06. The zero-order valence-corrected chi connectivity index (χ0v) is 16.6. The van der Waals surface area contributed by atoms with Crippen LogP contribution in [0.2, 0.25) is 0 Å². The van der Waals surface area contributed by atoms with Crippen molar-refractivity contribution in [2.24, 2.45) is 0 Å². The first kappa shape index (κ1) is 21.0. The second-order valence-corrected chi connectivity index (χ2v) is 7.52. The average molecular weight is 413 g/mol. The number of hydrogen-bond donors (Lipinski definition) is 2. The minimum atomic E-state index is -3.95. The molecule has 1 aliphatic heterocycles. The van der Waals surface area contributed by atoms with Crippen LogP contribution in [0.4, 0.5) is 5.69 Å². The quantitative estimate of drug-likeness (QED) is 0.732. The van der Waals surface area contributed by atoms with E-state index < -0.39 is 16.0 Å². The molecule has 0 spiro atoms. The molecular formula is C18H21ClN2O5S. The van der Waals surface area contributed by atoms with E-state index in [0.29, 0.717) is 5.69 Å². The SMILES string of the molecule is COC(=O)c1ccc(OC)c(S(=O)(=O)Nc2ccc3c(c2)CCNC3)c1.Cl. The number of carbonyl (C=O) groups is 1. The fourth-order valence-corrected chi connectivity index (χ4v) is 4.13. The lowest BCUT2D eigenvalue weighted by molar-refractivity contribution is 0.0600. The fraction of sp³-hybridized carbons (Fsp3) is 0.278. The van der Waals surface area contributed by atoms with Crippen LogP contribution in [-0.2, 0) is 27.7 Å². The summed E-state index contributed by atoms with van der Waals surface area (Å²) >= 11 is 0. The Kier molecular flexibility index (Phi) is 6.69. The summed E-state index contributed by atoms with van der Waals surface area (Å²) in [7, 11) is -1.34. The molecule has 1 heterocycles. The van der Waals surface area contributed by atoms with Gasteiger partial charge < -0.3 is 14.8 Å². The molecule has 0 bridgehead atoms. The largest absolute Gasteiger partial charge is 0.495 e. The van der Waals surface area contributed by atoms with Crippen molar-refractivity contribution >= 4 is 34.1 Å². The molecule has 3 rings (SSSR count). The summed E-state index contributed by atoms with van der Waals surface area (Å²) in [6.45, 7) is 1.63. The molecule has 0 amide bonds. The lowest BCUT2D eigenvalue weighted by Gasteiger charge is -2.18. The zero-order valence-electron chi connectivity index (χ0n) is 14.9. The zero-order chi connectivity index (χ0) is 18.7. The Balaban J connectivity index is 0.00000261. The first-order chi connectivity index (χ1) is 12.4. The van der Waals surface area contributed by atoms with Crippen LogP contribution in [0.5, 0.6) is 5.75 Å². The molecule has 146 valence electrons. The molecule has 2 N–H and O–H groups in total. The van der Waals surface area contributed by atoms with Gasteiger partial charge in [-0.15, -0.1) is 12.4 Å². The van der Waals surface area contributed by atoms with Crippen LogP contribution in [0.15, 0.2) is 41.3 Å². The van der Waals surface area contributed by atoms with E-state index in [4.69, 9.17) is 4.74 Å². The standard InChI is InChI=1S/C18H20N2O5S.ClH/c1-24-16-6-4-13(18(21)25-2)10-17(16)26(22,23)20-15-5-3-14-11-19-8-7-12(14)9-15;/h3-6,9-10,19-20H,7-8,11H2,1-2H3;1H. The number of halogens is 1. The van der Waals surface area contributed by atoms with Gasteiger partial charge in [0.25, 0.3) is 10.0 Å². The number of rotatable bonds is 5. The van der Waals surface area contributed by atoms with E-state index in [9.17, 15) is 13.2 Å². The summed E-state index contributed by atoms with van der Waals surface area (Å²) < 4.78 is 38.1. The molecule has 0 aliphatic carbocycles. The fourth-order valence-electron chi connectivity index (χ4n) is 2.88. The van der Waals surface area contributed by atoms with Gasteiger partial charge in [-0.05, 0) is 54.4 Å². The van der Waals surface area contributed by atoms with E-state index in [1.807, 2.05) is 12.1 Å². The second kappa shape index (κ2) is 8.60. The third-order valence-corrected chi connectivity index (χ3v) is 5.62. The number of esters is 1. The second-order valence-electron chi connectivity index (χ2n) is 5.87. The number of fused-ring (bicyclic) bond motifs is 1. The molecule has 9 heteroatoms. The summed E-state index contributed by atoms with van der Waals surface area (Å²) in [6, 6.07) is 9.59. The van der Waals surface area contributed by atoms with Gasteiger partial charge in [0.05, 0.1) is 19.8 Å². The smallest absolute Gasteiger partial charge is 0.337 e. The predicted octanol–water partition coefficient (Wildman–Crippen LogP) is 2.35. The van der Waals surface area contributed by atoms with Crippen LogP contribution in [0.1, 0.15) is 21.5 Å². The van der Waals surface area contributed by atoms with E-state index in [1.165, 1.54) is 32.4 Å². The summed E-state index contributed by atoms with van der Waals surface area (Å²) in [6.07, 6.45) is 0.839. The molecule has 1 aliphatic rings. The molecule has 0 radical (unpaired) electrons. The van der Waals surface area contributed by atoms with Gasteiger partial charge in [0.1, 0.15) is 10.6 Å². The number of benzene rings is 2. The third-order valence-electron chi connectivity index (χ3n) is 4.22. The molecule has 0 saturated heterocycles. The van der Waals surface area contributed by atoms with Crippen LogP contribution >= 0.6 is 12.4 Å². The number of anilines is 1. The number of sulfonamides is 1. The van der Waals surface area contributed by atoms with Crippen LogP contribution in [-0.4, -0.2) is 35.2 Å². The highest BCUT2D eigenvalue weighted by molar-refractivity contribution is 7.92. The monoisotopic (exact) mass is 412 g/mol. The average Bonchev–Trinajstić information content (AvgIpc) is 2.66. The van der Waals surface area contributed by atoms with Gasteiger partial charge in [0, 0.05) is 12.2 Å². The van der Waals surface area contributed by atoms with Gasteiger partial charge in [-0.2, -0.15) is 0 Å². The predicted molar refractivity (Wildman–Crippen MR) is 104 cm³/mol. The van der Waals surface area contributed by atoms with Gasteiger partial charge in [0.15, 0.2) is 0 Å². The number of methoxy groups -OCH3 is 2. The highest BCUT2D eigenvalue weighted by Gasteiger charge is 2.22. The molecule has 0 atom stereocenters. The van der Waals surface area contributed by atoms with Crippen LogP contribution in [0.3, 0.4) is 0 Å². The Labute approximate surface area is 164 Å². The number of ether oxygens (including phenoxy) is 2. The molecule has 2 aromatic rings.